The van der Waals surface area contributed by atoms with Crippen molar-refractivity contribution in [3.63, 3.8) is 0 Å². The summed E-state index contributed by atoms with van der Waals surface area (Å²) in [5, 5.41) is 11.7. The Morgan fingerprint density at radius 2 is 2.43 bits per heavy atom. The predicted molar refractivity (Wildman–Crippen MR) is 82.8 cm³/mol. The van der Waals surface area contributed by atoms with E-state index in [4.69, 9.17) is 4.74 Å². The molecule has 0 aliphatic carbocycles. The average molecular weight is 309 g/mol. The Bertz CT molecular complexity index is 529. The average Bonchev–Trinajstić information content (AvgIpc) is 2.94. The maximum absolute atomic E-state index is 11.8. The number of fused-ring (bicyclic) bond motifs is 1. The highest BCUT2D eigenvalue weighted by Gasteiger charge is 2.41. The maximum Gasteiger partial charge on any atom is 0.325 e. The van der Waals surface area contributed by atoms with Crippen LogP contribution in [0.5, 0.6) is 0 Å². The van der Waals surface area contributed by atoms with Crippen molar-refractivity contribution in [3.8, 4) is 0 Å². The summed E-state index contributed by atoms with van der Waals surface area (Å²) in [6.07, 6.45) is 3.79. The second-order valence-corrected chi connectivity index (χ2v) is 7.33. The summed E-state index contributed by atoms with van der Waals surface area (Å²) in [6.45, 7) is 5.86. The summed E-state index contributed by atoms with van der Waals surface area (Å²) in [5.41, 5.74) is 0.893. The third-order valence-electron chi connectivity index (χ3n) is 5.02. The Hall–Kier alpha value is -0.910. The number of ether oxygens (including phenoxy) is 1. The largest absolute Gasteiger partial charge is 0.480 e. The highest BCUT2D eigenvalue weighted by Crippen LogP contribution is 2.39. The number of aliphatic carboxylic acids is 1. The normalized spacial score (nSPS) is 33.6. The van der Waals surface area contributed by atoms with Gasteiger partial charge in [-0.3, -0.25) is 9.69 Å². The van der Waals surface area contributed by atoms with E-state index in [0.29, 0.717) is 6.04 Å². The number of hydrogen-bond donors (Lipinski definition) is 1. The number of rotatable bonds is 3. The molecule has 2 aliphatic rings. The molecule has 3 rings (SSSR count). The van der Waals surface area contributed by atoms with E-state index in [2.05, 4.69) is 18.7 Å². The van der Waals surface area contributed by atoms with Gasteiger partial charge in [-0.1, -0.05) is 6.92 Å². The second-order valence-electron chi connectivity index (χ2n) is 6.33. The van der Waals surface area contributed by atoms with Gasteiger partial charge in [-0.2, -0.15) is 0 Å². The molecule has 0 saturated carbocycles. The van der Waals surface area contributed by atoms with Gasteiger partial charge in [-0.15, -0.1) is 11.3 Å². The highest BCUT2D eigenvalue weighted by molar-refractivity contribution is 7.10. The molecule has 5 heteroatoms. The van der Waals surface area contributed by atoms with Crippen LogP contribution in [0.4, 0.5) is 0 Å². The van der Waals surface area contributed by atoms with Gasteiger partial charge in [-0.05, 0) is 49.6 Å². The van der Waals surface area contributed by atoms with Crippen molar-refractivity contribution in [2.45, 2.75) is 57.2 Å². The maximum atomic E-state index is 11.8. The molecular formula is C16H23NO3S. The van der Waals surface area contributed by atoms with Gasteiger partial charge >= 0.3 is 5.97 Å². The van der Waals surface area contributed by atoms with Gasteiger partial charge in [0.2, 0.25) is 0 Å². The topological polar surface area (TPSA) is 49.8 Å². The lowest BCUT2D eigenvalue weighted by molar-refractivity contribution is -0.149. The molecule has 1 N–H and O–H groups in total. The fourth-order valence-corrected chi connectivity index (χ4v) is 4.54. The number of carboxylic acid groups (broad SMARTS) is 1. The van der Waals surface area contributed by atoms with E-state index >= 15 is 0 Å². The quantitative estimate of drug-likeness (QED) is 0.932. The second kappa shape index (κ2) is 5.71. The molecule has 2 aliphatic heterocycles. The lowest BCUT2D eigenvalue weighted by atomic mass is 9.86. The molecular weight excluding hydrogens is 286 g/mol. The first-order chi connectivity index (χ1) is 10.0. The number of carboxylic acids is 1. The summed E-state index contributed by atoms with van der Waals surface area (Å²) >= 11 is 1.68. The van der Waals surface area contributed by atoms with Crippen molar-refractivity contribution in [1.29, 1.82) is 0 Å². The SMILES string of the molecule is CCC1(C)CC(N2CCc3sccc3C2C(=O)O)CCO1. The molecule has 3 heterocycles. The molecule has 0 bridgehead atoms. The minimum absolute atomic E-state index is 0.110. The molecule has 0 spiro atoms. The summed E-state index contributed by atoms with van der Waals surface area (Å²) < 4.78 is 5.91. The number of nitrogens with zero attached hydrogens (tertiary/aromatic N) is 1. The van der Waals surface area contributed by atoms with Crippen LogP contribution in [0, 0.1) is 0 Å². The monoisotopic (exact) mass is 309 g/mol. The first-order valence-corrected chi connectivity index (χ1v) is 8.61. The molecule has 1 fully saturated rings. The zero-order valence-electron chi connectivity index (χ0n) is 12.7. The van der Waals surface area contributed by atoms with E-state index in [1.165, 1.54) is 4.88 Å². The van der Waals surface area contributed by atoms with Crippen LogP contribution >= 0.6 is 11.3 Å². The molecule has 0 radical (unpaired) electrons. The van der Waals surface area contributed by atoms with Gasteiger partial charge in [0.1, 0.15) is 6.04 Å². The summed E-state index contributed by atoms with van der Waals surface area (Å²) in [4.78, 5) is 15.3. The van der Waals surface area contributed by atoms with Crippen LogP contribution in [0.2, 0.25) is 0 Å². The Morgan fingerprint density at radius 3 is 3.14 bits per heavy atom. The molecule has 1 saturated heterocycles. The first-order valence-electron chi connectivity index (χ1n) is 7.73. The van der Waals surface area contributed by atoms with Crippen molar-refractivity contribution < 1.29 is 14.6 Å². The predicted octanol–water partition coefficient (Wildman–Crippen LogP) is 3.08. The van der Waals surface area contributed by atoms with E-state index in [0.717, 1.165) is 44.4 Å². The molecule has 1 aromatic rings. The molecule has 116 valence electrons. The Labute approximate surface area is 129 Å². The van der Waals surface area contributed by atoms with Gasteiger partial charge in [0.05, 0.1) is 5.60 Å². The van der Waals surface area contributed by atoms with E-state index < -0.39 is 12.0 Å². The van der Waals surface area contributed by atoms with Crippen LogP contribution in [0.15, 0.2) is 11.4 Å². The fraction of sp³-hybridized carbons (Fsp3) is 0.688. The van der Waals surface area contributed by atoms with Crippen LogP contribution in [-0.2, 0) is 16.0 Å². The molecule has 21 heavy (non-hydrogen) atoms. The van der Waals surface area contributed by atoms with Crippen molar-refractivity contribution in [1.82, 2.24) is 4.90 Å². The minimum Gasteiger partial charge on any atom is -0.480 e. The summed E-state index contributed by atoms with van der Waals surface area (Å²) in [5.74, 6) is -0.723. The third kappa shape index (κ3) is 2.74. The molecule has 3 unspecified atom stereocenters. The van der Waals surface area contributed by atoms with Crippen LogP contribution in [0.1, 0.15) is 49.6 Å². The van der Waals surface area contributed by atoms with Crippen LogP contribution < -0.4 is 0 Å². The van der Waals surface area contributed by atoms with Gasteiger partial charge in [-0.25, -0.2) is 0 Å². The Kier molecular flexibility index (Phi) is 4.08. The lowest BCUT2D eigenvalue weighted by Gasteiger charge is -2.46. The number of hydrogen-bond acceptors (Lipinski definition) is 4. The fourth-order valence-electron chi connectivity index (χ4n) is 3.63. The van der Waals surface area contributed by atoms with Crippen molar-refractivity contribution >= 4 is 17.3 Å². The van der Waals surface area contributed by atoms with Crippen LogP contribution in [-0.4, -0.2) is 40.8 Å². The highest BCUT2D eigenvalue weighted by atomic mass is 32.1. The number of carbonyl (C=O) groups is 1. The van der Waals surface area contributed by atoms with E-state index in [1.54, 1.807) is 11.3 Å². The summed E-state index contributed by atoms with van der Waals surface area (Å²) in [6, 6.07) is 1.81. The smallest absolute Gasteiger partial charge is 0.325 e. The van der Waals surface area contributed by atoms with E-state index in [9.17, 15) is 9.90 Å². The van der Waals surface area contributed by atoms with Gasteiger partial charge in [0.25, 0.3) is 0 Å². The molecule has 0 amide bonds. The van der Waals surface area contributed by atoms with E-state index in [-0.39, 0.29) is 5.60 Å². The number of thiophene rings is 1. The molecule has 4 nitrogen and oxygen atoms in total. The van der Waals surface area contributed by atoms with Crippen LogP contribution in [0.25, 0.3) is 0 Å². The van der Waals surface area contributed by atoms with E-state index in [1.807, 2.05) is 11.4 Å². The van der Waals surface area contributed by atoms with Crippen molar-refractivity contribution in [3.05, 3.63) is 21.9 Å². The Balaban J connectivity index is 1.86. The minimum atomic E-state index is -0.723. The zero-order chi connectivity index (χ0) is 15.0. The van der Waals surface area contributed by atoms with Crippen molar-refractivity contribution in [2.24, 2.45) is 0 Å². The lowest BCUT2D eigenvalue weighted by Crippen LogP contribution is -2.51. The standard InChI is InChI=1S/C16H23NO3S/c1-3-16(2)10-11(5-8-20-16)17-7-4-13-12(6-9-21-13)14(17)15(18)19/h6,9,11,14H,3-5,7-8,10H2,1-2H3,(H,18,19). The van der Waals surface area contributed by atoms with Gasteiger partial charge in [0, 0.05) is 24.1 Å². The van der Waals surface area contributed by atoms with Gasteiger partial charge < -0.3 is 9.84 Å². The van der Waals surface area contributed by atoms with Crippen LogP contribution in [0.3, 0.4) is 0 Å². The summed E-state index contributed by atoms with van der Waals surface area (Å²) in [7, 11) is 0. The molecule has 3 atom stereocenters. The molecule has 0 aromatic carbocycles. The third-order valence-corrected chi connectivity index (χ3v) is 6.02. The first kappa shape index (κ1) is 15.0. The van der Waals surface area contributed by atoms with Gasteiger partial charge in [0.15, 0.2) is 0 Å². The zero-order valence-corrected chi connectivity index (χ0v) is 13.5. The van der Waals surface area contributed by atoms with Crippen molar-refractivity contribution in [2.75, 3.05) is 13.2 Å². The Morgan fingerprint density at radius 1 is 1.62 bits per heavy atom. The molecule has 1 aromatic heterocycles.